The molecule has 0 fully saturated rings. The van der Waals surface area contributed by atoms with Crippen molar-refractivity contribution in [2.45, 2.75) is 19.1 Å². The van der Waals surface area contributed by atoms with Crippen molar-refractivity contribution in [3.63, 3.8) is 0 Å². The third-order valence-electron chi connectivity index (χ3n) is 2.40. The van der Waals surface area contributed by atoms with Crippen LogP contribution in [0.3, 0.4) is 0 Å². The van der Waals surface area contributed by atoms with E-state index in [2.05, 4.69) is 4.74 Å². The highest BCUT2D eigenvalue weighted by Gasteiger charge is 2.23. The lowest BCUT2D eigenvalue weighted by Gasteiger charge is -2.14. The van der Waals surface area contributed by atoms with Crippen molar-refractivity contribution >= 4 is 23.4 Å². The molecule has 1 aromatic carbocycles. The Kier molecular flexibility index (Phi) is 5.84. The quantitative estimate of drug-likeness (QED) is 0.596. The zero-order valence-electron chi connectivity index (χ0n) is 10.1. The number of benzene rings is 1. The molecule has 1 atom stereocenters. The number of aliphatic carboxylic acids is 1. The van der Waals surface area contributed by atoms with Gasteiger partial charge in [-0.2, -0.15) is 8.78 Å². The van der Waals surface area contributed by atoms with Gasteiger partial charge in [-0.25, -0.2) is 4.79 Å². The Balaban J connectivity index is 3.19. The number of hydrogen-bond donors (Lipinski definition) is 2. The van der Waals surface area contributed by atoms with E-state index in [0.717, 1.165) is 12.1 Å². The van der Waals surface area contributed by atoms with Crippen LogP contribution in [0.15, 0.2) is 18.2 Å². The van der Waals surface area contributed by atoms with Crippen molar-refractivity contribution in [3.8, 4) is 5.75 Å². The van der Waals surface area contributed by atoms with Gasteiger partial charge in [-0.15, -0.1) is 11.6 Å². The van der Waals surface area contributed by atoms with Gasteiger partial charge in [0, 0.05) is 23.4 Å². The van der Waals surface area contributed by atoms with E-state index in [1.165, 1.54) is 6.07 Å². The lowest BCUT2D eigenvalue weighted by molar-refractivity contribution is -0.147. The molecule has 0 aliphatic carbocycles. The van der Waals surface area contributed by atoms with Crippen LogP contribution in [0, 0.1) is 0 Å². The second-order valence-corrected chi connectivity index (χ2v) is 4.11. The fourth-order valence-electron chi connectivity index (χ4n) is 1.49. The first kappa shape index (κ1) is 16.3. The summed E-state index contributed by atoms with van der Waals surface area (Å²) in [7, 11) is 0. The van der Waals surface area contributed by atoms with E-state index in [9.17, 15) is 23.5 Å². The Bertz CT molecular complexity index is 507. The van der Waals surface area contributed by atoms with E-state index in [1.54, 1.807) is 0 Å². The van der Waals surface area contributed by atoms with E-state index in [1.807, 2.05) is 0 Å². The fraction of sp³-hybridized carbons (Fsp3) is 0.333. The van der Waals surface area contributed by atoms with Gasteiger partial charge in [0.1, 0.15) is 5.75 Å². The molecule has 20 heavy (non-hydrogen) atoms. The Morgan fingerprint density at radius 3 is 2.50 bits per heavy atom. The molecule has 0 aliphatic heterocycles. The summed E-state index contributed by atoms with van der Waals surface area (Å²) in [5, 5.41) is 18.1. The van der Waals surface area contributed by atoms with Gasteiger partial charge in [-0.1, -0.05) is 12.1 Å². The maximum atomic E-state index is 12.3. The van der Waals surface area contributed by atoms with Gasteiger partial charge in [0.2, 0.25) is 0 Å². The third-order valence-corrected chi connectivity index (χ3v) is 2.59. The molecule has 5 nitrogen and oxygen atoms in total. The molecule has 0 saturated heterocycles. The Hall–Kier alpha value is -1.73. The van der Waals surface area contributed by atoms with Crippen LogP contribution in [0.2, 0.25) is 0 Å². The summed E-state index contributed by atoms with van der Waals surface area (Å²) in [5.41, 5.74) is -0.317. The molecule has 0 aromatic heterocycles. The topological polar surface area (TPSA) is 83.8 Å². The van der Waals surface area contributed by atoms with Gasteiger partial charge < -0.3 is 14.9 Å². The van der Waals surface area contributed by atoms with Crippen LogP contribution in [-0.4, -0.2) is 34.5 Å². The zero-order valence-corrected chi connectivity index (χ0v) is 10.8. The molecular weight excluding hydrogens is 298 g/mol. The van der Waals surface area contributed by atoms with Crippen LogP contribution in [-0.2, 0) is 4.79 Å². The maximum absolute atomic E-state index is 12.3. The first-order valence-corrected chi connectivity index (χ1v) is 5.99. The van der Waals surface area contributed by atoms with Crippen molar-refractivity contribution in [3.05, 3.63) is 29.3 Å². The molecule has 8 heteroatoms. The summed E-state index contributed by atoms with van der Waals surface area (Å²) in [6.45, 7) is -3.21. The van der Waals surface area contributed by atoms with Crippen molar-refractivity contribution in [1.29, 1.82) is 0 Å². The molecule has 0 spiro atoms. The smallest absolute Gasteiger partial charge is 0.387 e. The molecule has 0 heterocycles. The minimum absolute atomic E-state index is 0.00347. The number of carboxylic acid groups (broad SMARTS) is 1. The zero-order chi connectivity index (χ0) is 15.3. The Morgan fingerprint density at radius 1 is 1.35 bits per heavy atom. The minimum atomic E-state index is -3.21. The van der Waals surface area contributed by atoms with Gasteiger partial charge in [0.15, 0.2) is 11.9 Å². The number of alkyl halides is 3. The number of hydrogen-bond acceptors (Lipinski definition) is 4. The monoisotopic (exact) mass is 308 g/mol. The number of ether oxygens (including phenoxy) is 1. The van der Waals surface area contributed by atoms with E-state index < -0.39 is 30.2 Å². The SMILES string of the molecule is O=C(CCCl)c1ccc(C(O)C(=O)O)c(OC(F)F)c1. The highest BCUT2D eigenvalue weighted by Crippen LogP contribution is 2.28. The van der Waals surface area contributed by atoms with Gasteiger partial charge in [0.05, 0.1) is 0 Å². The van der Waals surface area contributed by atoms with Gasteiger partial charge in [-0.05, 0) is 6.07 Å². The number of halogens is 3. The molecular formula is C12H11ClF2O5. The first-order valence-electron chi connectivity index (χ1n) is 5.45. The second-order valence-electron chi connectivity index (χ2n) is 3.73. The molecule has 1 aromatic rings. The van der Waals surface area contributed by atoms with E-state index in [4.69, 9.17) is 16.7 Å². The largest absolute Gasteiger partial charge is 0.479 e. The second kappa shape index (κ2) is 7.16. The number of carbonyl (C=O) groups is 2. The number of carboxylic acids is 1. The van der Waals surface area contributed by atoms with Crippen LogP contribution in [0.1, 0.15) is 28.4 Å². The number of aliphatic hydroxyl groups is 1. The van der Waals surface area contributed by atoms with E-state index in [-0.39, 0.29) is 23.4 Å². The highest BCUT2D eigenvalue weighted by molar-refractivity contribution is 6.19. The average Bonchev–Trinajstić information content (AvgIpc) is 2.37. The minimum Gasteiger partial charge on any atom is -0.479 e. The lowest BCUT2D eigenvalue weighted by atomic mass is 10.0. The summed E-state index contributed by atoms with van der Waals surface area (Å²) in [6.07, 6.45) is -2.03. The predicted molar refractivity (Wildman–Crippen MR) is 65.3 cm³/mol. The molecule has 110 valence electrons. The van der Waals surface area contributed by atoms with Gasteiger partial charge >= 0.3 is 12.6 Å². The first-order chi connectivity index (χ1) is 9.36. The van der Waals surface area contributed by atoms with Gasteiger partial charge in [-0.3, -0.25) is 4.79 Å². The lowest BCUT2D eigenvalue weighted by Crippen LogP contribution is -2.14. The van der Waals surface area contributed by atoms with Crippen LogP contribution < -0.4 is 4.74 Å². The van der Waals surface area contributed by atoms with Crippen LogP contribution in [0.4, 0.5) is 8.78 Å². The molecule has 0 amide bonds. The highest BCUT2D eigenvalue weighted by atomic mass is 35.5. The molecule has 0 radical (unpaired) electrons. The Labute approximate surface area is 117 Å². The molecule has 1 rings (SSSR count). The van der Waals surface area contributed by atoms with Crippen molar-refractivity contribution in [1.82, 2.24) is 0 Å². The number of rotatable bonds is 7. The molecule has 0 bridgehead atoms. The van der Waals surface area contributed by atoms with Crippen molar-refractivity contribution < 1.29 is 33.3 Å². The van der Waals surface area contributed by atoms with Gasteiger partial charge in [0.25, 0.3) is 0 Å². The molecule has 0 aliphatic rings. The maximum Gasteiger partial charge on any atom is 0.387 e. The normalized spacial score (nSPS) is 12.2. The summed E-state index contributed by atoms with van der Waals surface area (Å²) >= 11 is 5.40. The van der Waals surface area contributed by atoms with Crippen LogP contribution in [0.5, 0.6) is 5.75 Å². The number of aliphatic hydroxyl groups excluding tert-OH is 1. The molecule has 1 unspecified atom stereocenters. The van der Waals surface area contributed by atoms with Crippen LogP contribution >= 0.6 is 11.6 Å². The molecule has 0 saturated carbocycles. The van der Waals surface area contributed by atoms with Crippen molar-refractivity contribution in [2.75, 3.05) is 5.88 Å². The summed E-state index contributed by atoms with van der Waals surface area (Å²) < 4.78 is 28.7. The summed E-state index contributed by atoms with van der Waals surface area (Å²) in [4.78, 5) is 22.3. The number of Topliss-reactive ketones (excluding diaryl/α,β-unsaturated/α-hetero) is 1. The standard InChI is InChI=1S/C12H11ClF2O5/c13-4-3-8(16)6-1-2-7(10(17)11(18)19)9(5-6)20-12(14)15/h1-2,5,10,12,17H,3-4H2,(H,18,19). The summed E-state index contributed by atoms with van der Waals surface area (Å²) in [6, 6.07) is 3.23. The fourth-order valence-corrected chi connectivity index (χ4v) is 1.67. The third kappa shape index (κ3) is 4.14. The van der Waals surface area contributed by atoms with E-state index >= 15 is 0 Å². The Morgan fingerprint density at radius 2 is 2.00 bits per heavy atom. The average molecular weight is 309 g/mol. The van der Waals surface area contributed by atoms with Crippen molar-refractivity contribution in [2.24, 2.45) is 0 Å². The number of ketones is 1. The molecule has 2 N–H and O–H groups in total. The van der Waals surface area contributed by atoms with E-state index in [0.29, 0.717) is 0 Å². The predicted octanol–water partition coefficient (Wildman–Crippen LogP) is 2.22. The summed E-state index contributed by atoms with van der Waals surface area (Å²) in [5.74, 6) is -2.53. The van der Waals surface area contributed by atoms with Crippen LogP contribution in [0.25, 0.3) is 0 Å². The number of carbonyl (C=O) groups excluding carboxylic acids is 1.